The Bertz CT molecular complexity index is 281. The summed E-state index contributed by atoms with van der Waals surface area (Å²) in [4.78, 5) is 0. The van der Waals surface area contributed by atoms with Crippen LogP contribution in [0.1, 0.15) is 59.8 Å². The molecule has 0 saturated heterocycles. The van der Waals surface area contributed by atoms with Gasteiger partial charge in [-0.25, -0.2) is 0 Å². The van der Waals surface area contributed by atoms with Gasteiger partial charge in [-0.3, -0.25) is 0 Å². The Labute approximate surface area is 105 Å². The predicted molar refractivity (Wildman–Crippen MR) is 69.6 cm³/mol. The van der Waals surface area contributed by atoms with E-state index in [1.54, 1.807) is 0 Å². The minimum Gasteiger partial charge on any atom is -0.390 e. The smallest absolute Gasteiger partial charge is 0.0650 e. The molecule has 2 heteroatoms. The molecule has 2 aliphatic carbocycles. The minimum atomic E-state index is -0.512. The Kier molecular flexibility index (Phi) is 3.33. The van der Waals surface area contributed by atoms with Gasteiger partial charge in [0, 0.05) is 0 Å². The third-order valence-corrected chi connectivity index (χ3v) is 5.38. The maximum atomic E-state index is 10.6. The summed E-state index contributed by atoms with van der Waals surface area (Å²) >= 11 is 0. The molecule has 2 fully saturated rings. The molecule has 2 rings (SSSR count). The average Bonchev–Trinajstić information content (AvgIpc) is 2.14. The number of fused-ring (bicyclic) bond motifs is 1. The fourth-order valence-corrected chi connectivity index (χ4v) is 4.34. The molecule has 0 bridgehead atoms. The van der Waals surface area contributed by atoms with Crippen molar-refractivity contribution in [2.24, 2.45) is 23.7 Å². The lowest BCUT2D eigenvalue weighted by Crippen LogP contribution is -2.53. The lowest BCUT2D eigenvalue weighted by molar-refractivity contribution is -0.140. The molecule has 5 atom stereocenters. The quantitative estimate of drug-likeness (QED) is 0.740. The van der Waals surface area contributed by atoms with Crippen LogP contribution in [0.5, 0.6) is 0 Å². The highest BCUT2D eigenvalue weighted by Gasteiger charge is 2.50. The van der Waals surface area contributed by atoms with Crippen molar-refractivity contribution in [3.63, 3.8) is 0 Å². The lowest BCUT2D eigenvalue weighted by Gasteiger charge is -2.53. The second-order valence-corrected chi connectivity index (χ2v) is 7.31. The molecule has 0 aromatic heterocycles. The van der Waals surface area contributed by atoms with Crippen LogP contribution >= 0.6 is 0 Å². The summed E-state index contributed by atoms with van der Waals surface area (Å²) in [5.74, 6) is 2.23. The highest BCUT2D eigenvalue weighted by Crippen LogP contribution is 2.52. The molecule has 2 aliphatic rings. The maximum absolute atomic E-state index is 10.6. The summed E-state index contributed by atoms with van der Waals surface area (Å²) in [5, 5.41) is 20.9. The van der Waals surface area contributed by atoms with Crippen LogP contribution in [0, 0.1) is 23.7 Å². The Morgan fingerprint density at radius 2 is 1.71 bits per heavy atom. The standard InChI is InChI=1S/C15H28O2/c1-10(2)11-5-8-15(4,17)13-6-7-14(3,16)9-12(11)13/h10-13,16-17H,5-9H2,1-4H3/t11-,12-,13+,14+,15-/m0/s1. The zero-order valence-electron chi connectivity index (χ0n) is 11.7. The van der Waals surface area contributed by atoms with Crippen molar-refractivity contribution in [2.45, 2.75) is 71.0 Å². The van der Waals surface area contributed by atoms with Gasteiger partial charge in [0.05, 0.1) is 11.2 Å². The number of hydrogen-bond acceptors (Lipinski definition) is 2. The Morgan fingerprint density at radius 1 is 1.06 bits per heavy atom. The van der Waals surface area contributed by atoms with Crippen molar-refractivity contribution in [1.82, 2.24) is 0 Å². The van der Waals surface area contributed by atoms with Gasteiger partial charge in [-0.2, -0.15) is 0 Å². The molecule has 0 unspecified atom stereocenters. The Morgan fingerprint density at radius 3 is 2.29 bits per heavy atom. The predicted octanol–water partition coefficient (Wildman–Crippen LogP) is 2.97. The number of aliphatic hydroxyl groups is 2. The molecule has 0 aromatic carbocycles. The summed E-state index contributed by atoms with van der Waals surface area (Å²) < 4.78 is 0. The van der Waals surface area contributed by atoms with Gasteiger partial charge in [-0.05, 0) is 69.6 Å². The molecule has 17 heavy (non-hydrogen) atoms. The molecule has 0 radical (unpaired) electrons. The summed E-state index contributed by atoms with van der Waals surface area (Å²) in [6.07, 6.45) is 4.74. The summed E-state index contributed by atoms with van der Waals surface area (Å²) in [7, 11) is 0. The molecule has 2 N–H and O–H groups in total. The van der Waals surface area contributed by atoms with E-state index in [9.17, 15) is 10.2 Å². The highest BCUT2D eigenvalue weighted by atomic mass is 16.3. The molecule has 0 heterocycles. The van der Waals surface area contributed by atoms with Gasteiger partial charge in [0.2, 0.25) is 0 Å². The SMILES string of the molecule is CC(C)[C@@H]1CC[C@](C)(O)[C@@H]2CC[C@@](C)(O)C[C@H]21. The Hall–Kier alpha value is -0.0800. The van der Waals surface area contributed by atoms with Crippen LogP contribution in [0.3, 0.4) is 0 Å². The Balaban J connectivity index is 2.22. The van der Waals surface area contributed by atoms with Gasteiger partial charge in [0.1, 0.15) is 0 Å². The minimum absolute atomic E-state index is 0.392. The lowest BCUT2D eigenvalue weighted by atomic mass is 9.55. The van der Waals surface area contributed by atoms with Crippen LogP contribution in [-0.4, -0.2) is 21.4 Å². The molecule has 0 spiro atoms. The second kappa shape index (κ2) is 4.24. The van der Waals surface area contributed by atoms with Gasteiger partial charge in [0.25, 0.3) is 0 Å². The fraction of sp³-hybridized carbons (Fsp3) is 1.00. The van der Waals surface area contributed by atoms with E-state index >= 15 is 0 Å². The monoisotopic (exact) mass is 240 g/mol. The molecule has 2 saturated carbocycles. The first kappa shape index (κ1) is 13.4. The van der Waals surface area contributed by atoms with Crippen molar-refractivity contribution >= 4 is 0 Å². The summed E-state index contributed by atoms with van der Waals surface area (Å²) in [5.41, 5.74) is -1.02. The van der Waals surface area contributed by atoms with E-state index in [1.807, 2.05) is 13.8 Å². The molecule has 0 amide bonds. The van der Waals surface area contributed by atoms with Gasteiger partial charge >= 0.3 is 0 Å². The molecule has 2 nitrogen and oxygen atoms in total. The van der Waals surface area contributed by atoms with Crippen molar-refractivity contribution in [3.8, 4) is 0 Å². The fourth-order valence-electron chi connectivity index (χ4n) is 4.34. The first-order chi connectivity index (χ1) is 7.73. The zero-order chi connectivity index (χ0) is 12.8. The van der Waals surface area contributed by atoms with Crippen molar-refractivity contribution in [3.05, 3.63) is 0 Å². The third-order valence-electron chi connectivity index (χ3n) is 5.38. The van der Waals surface area contributed by atoms with Crippen LogP contribution in [0.4, 0.5) is 0 Å². The number of rotatable bonds is 1. The van der Waals surface area contributed by atoms with E-state index in [-0.39, 0.29) is 0 Å². The van der Waals surface area contributed by atoms with Crippen molar-refractivity contribution < 1.29 is 10.2 Å². The van der Waals surface area contributed by atoms with Crippen LogP contribution in [0.2, 0.25) is 0 Å². The second-order valence-electron chi connectivity index (χ2n) is 7.31. The van der Waals surface area contributed by atoms with E-state index in [0.717, 1.165) is 32.1 Å². The summed E-state index contributed by atoms with van der Waals surface area (Å²) in [6.45, 7) is 8.53. The van der Waals surface area contributed by atoms with Gasteiger partial charge in [-0.1, -0.05) is 13.8 Å². The normalized spacial score (nSPS) is 51.4. The molecular weight excluding hydrogens is 212 g/mol. The van der Waals surface area contributed by atoms with Crippen LogP contribution < -0.4 is 0 Å². The molecular formula is C15H28O2. The maximum Gasteiger partial charge on any atom is 0.0650 e. The first-order valence-corrected chi connectivity index (χ1v) is 7.18. The van der Waals surface area contributed by atoms with E-state index in [4.69, 9.17) is 0 Å². The zero-order valence-corrected chi connectivity index (χ0v) is 11.7. The largest absolute Gasteiger partial charge is 0.390 e. The van der Waals surface area contributed by atoms with Crippen molar-refractivity contribution in [2.75, 3.05) is 0 Å². The van der Waals surface area contributed by atoms with E-state index in [0.29, 0.717) is 23.7 Å². The molecule has 0 aliphatic heterocycles. The highest BCUT2D eigenvalue weighted by molar-refractivity contribution is 5.01. The third kappa shape index (κ3) is 2.53. The topological polar surface area (TPSA) is 40.5 Å². The van der Waals surface area contributed by atoms with Crippen LogP contribution in [0.15, 0.2) is 0 Å². The van der Waals surface area contributed by atoms with Crippen LogP contribution in [0.25, 0.3) is 0 Å². The van der Waals surface area contributed by atoms with E-state index in [1.165, 1.54) is 0 Å². The molecule has 0 aromatic rings. The van der Waals surface area contributed by atoms with Gasteiger partial charge in [-0.15, -0.1) is 0 Å². The molecule has 100 valence electrons. The van der Waals surface area contributed by atoms with Gasteiger partial charge < -0.3 is 10.2 Å². The van der Waals surface area contributed by atoms with Gasteiger partial charge in [0.15, 0.2) is 0 Å². The first-order valence-electron chi connectivity index (χ1n) is 7.18. The van der Waals surface area contributed by atoms with Crippen LogP contribution in [-0.2, 0) is 0 Å². The van der Waals surface area contributed by atoms with Crippen molar-refractivity contribution in [1.29, 1.82) is 0 Å². The average molecular weight is 240 g/mol. The van der Waals surface area contributed by atoms with E-state index < -0.39 is 11.2 Å². The summed E-state index contributed by atoms with van der Waals surface area (Å²) in [6, 6.07) is 0. The number of hydrogen-bond donors (Lipinski definition) is 2. The van der Waals surface area contributed by atoms with E-state index in [2.05, 4.69) is 13.8 Å².